The predicted molar refractivity (Wildman–Crippen MR) is 82.0 cm³/mol. The molecule has 110 valence electrons. The van der Waals surface area contributed by atoms with Gasteiger partial charge in [0.1, 0.15) is 0 Å². The Morgan fingerprint density at radius 2 is 1.68 bits per heavy atom. The van der Waals surface area contributed by atoms with Gasteiger partial charge in [-0.05, 0) is 57.1 Å². The average molecular weight is 266 g/mol. The zero-order valence-electron chi connectivity index (χ0n) is 13.7. The van der Waals surface area contributed by atoms with E-state index in [1.807, 2.05) is 13.8 Å². The normalized spacial score (nSPS) is 15.3. The summed E-state index contributed by atoms with van der Waals surface area (Å²) in [4.78, 5) is 11.4. The first-order valence-electron chi connectivity index (χ1n) is 7.32. The summed E-state index contributed by atoms with van der Waals surface area (Å²) in [6.07, 6.45) is 4.04. The van der Waals surface area contributed by atoms with Crippen LogP contribution in [0.2, 0.25) is 0 Å². The fraction of sp³-hybridized carbons (Fsp3) is 0.706. The van der Waals surface area contributed by atoms with E-state index in [1.165, 1.54) is 24.0 Å². The van der Waals surface area contributed by atoms with Gasteiger partial charge in [0.2, 0.25) is 0 Å². The molecular weight excluding hydrogens is 236 g/mol. The molecule has 0 spiro atoms. The number of hydrogen-bond acceptors (Lipinski definition) is 2. The summed E-state index contributed by atoms with van der Waals surface area (Å²) in [6.45, 7) is 15.3. The Kier molecular flexibility index (Phi) is 8.46. The minimum atomic E-state index is -0.248. The number of ether oxygens (including phenoxy) is 1. The van der Waals surface area contributed by atoms with E-state index in [0.29, 0.717) is 12.5 Å². The van der Waals surface area contributed by atoms with Crippen molar-refractivity contribution in [2.45, 2.75) is 61.3 Å². The van der Waals surface area contributed by atoms with E-state index < -0.39 is 0 Å². The maximum atomic E-state index is 11.4. The van der Waals surface area contributed by atoms with E-state index in [4.69, 9.17) is 4.74 Å². The van der Waals surface area contributed by atoms with Crippen LogP contribution in [0.4, 0.5) is 0 Å². The van der Waals surface area contributed by atoms with Gasteiger partial charge in [0.05, 0.1) is 6.61 Å². The molecule has 0 aromatic rings. The lowest BCUT2D eigenvalue weighted by molar-refractivity contribution is -0.137. The summed E-state index contributed by atoms with van der Waals surface area (Å²) in [7, 11) is 0. The van der Waals surface area contributed by atoms with Crippen molar-refractivity contribution in [3.8, 4) is 0 Å². The third-order valence-electron chi connectivity index (χ3n) is 3.72. The number of carbonyl (C=O) groups is 1. The van der Waals surface area contributed by atoms with Crippen LogP contribution in [0.3, 0.4) is 0 Å². The quantitative estimate of drug-likeness (QED) is 0.372. The van der Waals surface area contributed by atoms with Gasteiger partial charge in [0.15, 0.2) is 0 Å². The van der Waals surface area contributed by atoms with Gasteiger partial charge in [-0.3, -0.25) is 0 Å². The van der Waals surface area contributed by atoms with E-state index in [9.17, 15) is 4.79 Å². The first-order chi connectivity index (χ1) is 8.79. The van der Waals surface area contributed by atoms with Gasteiger partial charge >= 0.3 is 5.97 Å². The van der Waals surface area contributed by atoms with E-state index in [2.05, 4.69) is 34.6 Å². The van der Waals surface area contributed by atoms with E-state index in [1.54, 1.807) is 6.08 Å². The Morgan fingerprint density at radius 3 is 2.16 bits per heavy atom. The zero-order chi connectivity index (χ0) is 15.0. The van der Waals surface area contributed by atoms with Crippen LogP contribution in [-0.2, 0) is 9.53 Å². The smallest absolute Gasteiger partial charge is 0.331 e. The summed E-state index contributed by atoms with van der Waals surface area (Å²) in [5.74, 6) is 1.06. The summed E-state index contributed by atoms with van der Waals surface area (Å²) in [6, 6.07) is 0. The Morgan fingerprint density at radius 1 is 1.11 bits per heavy atom. The lowest BCUT2D eigenvalue weighted by Gasteiger charge is -2.17. The minimum absolute atomic E-state index is 0.248. The molecule has 2 nitrogen and oxygen atoms in total. The molecule has 0 rings (SSSR count). The van der Waals surface area contributed by atoms with Gasteiger partial charge in [-0.15, -0.1) is 0 Å². The van der Waals surface area contributed by atoms with E-state index in [0.717, 1.165) is 11.5 Å². The standard InChI is InChI=1S/C17H30O2/c1-8-19-17(18)11-14(5)16(7)15(6)13(4)10-9-12(2)3/h11-13H,8-10H2,1-7H3. The Bertz CT molecular complexity index is 348. The molecule has 0 heterocycles. The molecule has 0 radical (unpaired) electrons. The fourth-order valence-electron chi connectivity index (χ4n) is 1.95. The van der Waals surface area contributed by atoms with Crippen molar-refractivity contribution >= 4 is 5.97 Å². The van der Waals surface area contributed by atoms with Crippen molar-refractivity contribution in [3.63, 3.8) is 0 Å². The fourth-order valence-corrected chi connectivity index (χ4v) is 1.95. The van der Waals surface area contributed by atoms with Crippen LogP contribution in [0, 0.1) is 11.8 Å². The molecule has 2 heteroatoms. The molecule has 0 aromatic heterocycles. The number of hydrogen-bond donors (Lipinski definition) is 0. The highest BCUT2D eigenvalue weighted by Crippen LogP contribution is 2.25. The Balaban J connectivity index is 4.77. The van der Waals surface area contributed by atoms with Crippen molar-refractivity contribution in [1.82, 2.24) is 0 Å². The van der Waals surface area contributed by atoms with Crippen LogP contribution < -0.4 is 0 Å². The molecule has 1 atom stereocenters. The van der Waals surface area contributed by atoms with Gasteiger partial charge in [0.25, 0.3) is 0 Å². The third kappa shape index (κ3) is 7.19. The first kappa shape index (κ1) is 17.9. The molecule has 19 heavy (non-hydrogen) atoms. The highest BCUT2D eigenvalue weighted by Gasteiger charge is 2.10. The topological polar surface area (TPSA) is 26.3 Å². The summed E-state index contributed by atoms with van der Waals surface area (Å²) in [5, 5.41) is 0. The zero-order valence-corrected chi connectivity index (χ0v) is 13.7. The van der Waals surface area contributed by atoms with Crippen molar-refractivity contribution in [2.75, 3.05) is 6.61 Å². The largest absolute Gasteiger partial charge is 0.463 e. The second kappa shape index (κ2) is 8.95. The monoisotopic (exact) mass is 266 g/mol. The molecule has 0 fully saturated rings. The van der Waals surface area contributed by atoms with Gasteiger partial charge in [-0.1, -0.05) is 32.8 Å². The van der Waals surface area contributed by atoms with Crippen LogP contribution in [0.1, 0.15) is 61.3 Å². The predicted octanol–water partition coefficient (Wildman–Crippen LogP) is 4.90. The Hall–Kier alpha value is -1.05. The highest BCUT2D eigenvalue weighted by atomic mass is 16.5. The number of carbonyl (C=O) groups excluding carboxylic acids is 1. The molecule has 0 amide bonds. The molecule has 0 saturated carbocycles. The molecule has 0 aliphatic heterocycles. The van der Waals surface area contributed by atoms with Gasteiger partial charge in [-0.25, -0.2) is 4.79 Å². The molecule has 0 saturated heterocycles. The average Bonchev–Trinajstić information content (AvgIpc) is 2.34. The molecular formula is C17H30O2. The lowest BCUT2D eigenvalue weighted by atomic mass is 9.89. The summed E-state index contributed by atoms with van der Waals surface area (Å²) in [5.41, 5.74) is 3.59. The molecule has 0 N–H and O–H groups in total. The van der Waals surface area contributed by atoms with Gasteiger partial charge < -0.3 is 4.74 Å². The first-order valence-corrected chi connectivity index (χ1v) is 7.32. The number of esters is 1. The van der Waals surface area contributed by atoms with Crippen LogP contribution in [-0.4, -0.2) is 12.6 Å². The summed E-state index contributed by atoms with van der Waals surface area (Å²) >= 11 is 0. The number of allylic oxidation sites excluding steroid dienone is 3. The second-order valence-electron chi connectivity index (χ2n) is 5.76. The lowest BCUT2D eigenvalue weighted by Crippen LogP contribution is -2.04. The van der Waals surface area contributed by atoms with Crippen molar-refractivity contribution in [1.29, 1.82) is 0 Å². The molecule has 0 aromatic carbocycles. The maximum absolute atomic E-state index is 11.4. The third-order valence-corrected chi connectivity index (χ3v) is 3.72. The highest BCUT2D eigenvalue weighted by molar-refractivity contribution is 5.83. The second-order valence-corrected chi connectivity index (χ2v) is 5.76. The van der Waals surface area contributed by atoms with Crippen molar-refractivity contribution in [3.05, 3.63) is 22.8 Å². The molecule has 0 aliphatic rings. The SMILES string of the molecule is CCOC(=O)C=C(C)C(C)=C(C)C(C)CCC(C)C. The van der Waals surface area contributed by atoms with Crippen molar-refractivity contribution < 1.29 is 9.53 Å². The maximum Gasteiger partial charge on any atom is 0.331 e. The molecule has 0 aliphatic carbocycles. The van der Waals surface area contributed by atoms with E-state index in [-0.39, 0.29) is 5.97 Å². The van der Waals surface area contributed by atoms with Gasteiger partial charge in [-0.2, -0.15) is 0 Å². The van der Waals surface area contributed by atoms with E-state index >= 15 is 0 Å². The minimum Gasteiger partial charge on any atom is -0.463 e. The molecule has 1 unspecified atom stereocenters. The molecule has 0 bridgehead atoms. The van der Waals surface area contributed by atoms with Crippen LogP contribution in [0.5, 0.6) is 0 Å². The van der Waals surface area contributed by atoms with Gasteiger partial charge in [0, 0.05) is 6.08 Å². The number of rotatable bonds is 7. The van der Waals surface area contributed by atoms with Crippen LogP contribution in [0.25, 0.3) is 0 Å². The summed E-state index contributed by atoms with van der Waals surface area (Å²) < 4.78 is 4.94. The van der Waals surface area contributed by atoms with Crippen LogP contribution >= 0.6 is 0 Å². The van der Waals surface area contributed by atoms with Crippen LogP contribution in [0.15, 0.2) is 22.8 Å². The Labute approximate surface area is 118 Å². The van der Waals surface area contributed by atoms with Crippen molar-refractivity contribution in [2.24, 2.45) is 11.8 Å².